The van der Waals surface area contributed by atoms with E-state index in [2.05, 4.69) is 20.3 Å². The summed E-state index contributed by atoms with van der Waals surface area (Å²) < 4.78 is 7.46. The molecule has 0 aliphatic heterocycles. The number of carbonyl (C=O) groups is 1. The van der Waals surface area contributed by atoms with Crippen molar-refractivity contribution in [2.75, 3.05) is 0 Å². The van der Waals surface area contributed by atoms with Crippen LogP contribution in [0.4, 0.5) is 0 Å². The van der Waals surface area contributed by atoms with Crippen molar-refractivity contribution in [2.24, 2.45) is 0 Å². The van der Waals surface area contributed by atoms with E-state index in [1.54, 1.807) is 30.2 Å². The predicted octanol–water partition coefficient (Wildman–Crippen LogP) is 3.16. The van der Waals surface area contributed by atoms with Gasteiger partial charge in [0.1, 0.15) is 17.9 Å². The number of hydrogen-bond donors (Lipinski definition) is 1. The topological polar surface area (TPSA) is 85.8 Å². The van der Waals surface area contributed by atoms with Crippen molar-refractivity contribution in [2.45, 2.75) is 13.5 Å². The zero-order valence-corrected chi connectivity index (χ0v) is 14.7. The Hall–Kier alpha value is -3.74. The minimum atomic E-state index is -0.293. The van der Waals surface area contributed by atoms with Crippen LogP contribution >= 0.6 is 0 Å². The first-order valence-corrected chi connectivity index (χ1v) is 8.45. The Labute approximate surface area is 155 Å². The lowest BCUT2D eigenvalue weighted by Gasteiger charge is -2.09. The molecule has 4 rings (SSSR count). The third-order valence-corrected chi connectivity index (χ3v) is 4.09. The van der Waals surface area contributed by atoms with E-state index in [-0.39, 0.29) is 11.6 Å². The molecule has 3 aromatic heterocycles. The van der Waals surface area contributed by atoms with Gasteiger partial charge < -0.3 is 9.73 Å². The molecule has 27 heavy (non-hydrogen) atoms. The Bertz CT molecular complexity index is 1060. The van der Waals surface area contributed by atoms with Gasteiger partial charge in [-0.3, -0.25) is 9.36 Å². The third kappa shape index (κ3) is 3.48. The van der Waals surface area contributed by atoms with Gasteiger partial charge in [-0.2, -0.15) is 0 Å². The molecule has 1 aromatic carbocycles. The highest BCUT2D eigenvalue weighted by Gasteiger charge is 2.18. The molecular formula is C20H17N5O2. The van der Waals surface area contributed by atoms with Gasteiger partial charge in [-0.25, -0.2) is 15.0 Å². The van der Waals surface area contributed by atoms with Crippen molar-refractivity contribution in [1.29, 1.82) is 0 Å². The van der Waals surface area contributed by atoms with Gasteiger partial charge in [0.15, 0.2) is 5.69 Å². The molecule has 0 unspecified atom stereocenters. The predicted molar refractivity (Wildman–Crippen MR) is 99.2 cm³/mol. The number of imidazole rings is 1. The maximum atomic E-state index is 12.6. The van der Waals surface area contributed by atoms with E-state index in [1.807, 2.05) is 48.7 Å². The molecule has 0 saturated carbocycles. The lowest BCUT2D eigenvalue weighted by Crippen LogP contribution is -2.24. The molecule has 0 radical (unpaired) electrons. The van der Waals surface area contributed by atoms with E-state index >= 15 is 0 Å². The highest BCUT2D eigenvalue weighted by Crippen LogP contribution is 2.21. The fourth-order valence-corrected chi connectivity index (χ4v) is 2.76. The van der Waals surface area contributed by atoms with Crippen LogP contribution in [0, 0.1) is 6.92 Å². The SMILES string of the molecule is Cc1oc(-c2ccccc2)nc1C(=O)NCc1cccnc1-n1ccnc1. The van der Waals surface area contributed by atoms with Gasteiger partial charge in [-0.15, -0.1) is 0 Å². The largest absolute Gasteiger partial charge is 0.441 e. The Morgan fingerprint density at radius 1 is 1.15 bits per heavy atom. The van der Waals surface area contributed by atoms with Gasteiger partial charge in [0.05, 0.1) is 0 Å². The van der Waals surface area contributed by atoms with E-state index in [4.69, 9.17) is 4.42 Å². The van der Waals surface area contributed by atoms with E-state index in [0.29, 0.717) is 18.2 Å². The lowest BCUT2D eigenvalue weighted by molar-refractivity contribution is 0.0945. The summed E-state index contributed by atoms with van der Waals surface area (Å²) in [5.41, 5.74) is 1.98. The van der Waals surface area contributed by atoms with E-state index in [1.165, 1.54) is 0 Å². The van der Waals surface area contributed by atoms with Gasteiger partial charge in [-0.1, -0.05) is 24.3 Å². The molecule has 0 saturated heterocycles. The molecule has 0 aliphatic carbocycles. The Kier molecular flexibility index (Phi) is 4.49. The Morgan fingerprint density at radius 3 is 2.78 bits per heavy atom. The molecule has 0 aliphatic rings. The third-order valence-electron chi connectivity index (χ3n) is 4.09. The number of amides is 1. The minimum absolute atomic E-state index is 0.280. The summed E-state index contributed by atoms with van der Waals surface area (Å²) in [7, 11) is 0. The summed E-state index contributed by atoms with van der Waals surface area (Å²) in [4.78, 5) is 25.4. The van der Waals surface area contributed by atoms with Crippen LogP contribution in [0.1, 0.15) is 21.8 Å². The van der Waals surface area contributed by atoms with Crippen LogP contribution in [-0.2, 0) is 6.54 Å². The van der Waals surface area contributed by atoms with E-state index < -0.39 is 0 Å². The minimum Gasteiger partial charge on any atom is -0.441 e. The standard InChI is InChI=1S/C20H17N5O2/c1-14-17(24-20(27-14)15-6-3-2-4-7-15)19(26)23-12-16-8-5-9-22-18(16)25-11-10-21-13-25/h2-11,13H,12H2,1H3,(H,23,26). The van der Waals surface area contributed by atoms with Gasteiger partial charge in [0, 0.05) is 36.3 Å². The molecule has 4 aromatic rings. The van der Waals surface area contributed by atoms with Gasteiger partial charge in [0.25, 0.3) is 5.91 Å². The van der Waals surface area contributed by atoms with Crippen molar-refractivity contribution in [1.82, 2.24) is 24.8 Å². The number of benzene rings is 1. The highest BCUT2D eigenvalue weighted by atomic mass is 16.4. The van der Waals surface area contributed by atoms with Crippen LogP contribution in [0.5, 0.6) is 0 Å². The second-order valence-electron chi connectivity index (χ2n) is 5.93. The molecule has 134 valence electrons. The van der Waals surface area contributed by atoms with Crippen LogP contribution in [-0.4, -0.2) is 25.4 Å². The van der Waals surface area contributed by atoms with Crippen molar-refractivity contribution < 1.29 is 9.21 Å². The van der Waals surface area contributed by atoms with Crippen LogP contribution in [0.25, 0.3) is 17.3 Å². The van der Waals surface area contributed by atoms with E-state index in [9.17, 15) is 4.79 Å². The second kappa shape index (κ2) is 7.25. The first-order valence-electron chi connectivity index (χ1n) is 8.45. The van der Waals surface area contributed by atoms with Crippen molar-refractivity contribution in [3.63, 3.8) is 0 Å². The van der Waals surface area contributed by atoms with Crippen LogP contribution < -0.4 is 5.32 Å². The molecule has 7 heteroatoms. The van der Waals surface area contributed by atoms with Crippen molar-refractivity contribution in [3.05, 3.63) is 84.4 Å². The number of aryl methyl sites for hydroxylation is 1. The second-order valence-corrected chi connectivity index (χ2v) is 5.93. The quantitative estimate of drug-likeness (QED) is 0.591. The Morgan fingerprint density at radius 2 is 2.00 bits per heavy atom. The summed E-state index contributed by atoms with van der Waals surface area (Å²) in [6.45, 7) is 2.04. The number of nitrogens with zero attached hydrogens (tertiary/aromatic N) is 4. The monoisotopic (exact) mass is 359 g/mol. The van der Waals surface area contributed by atoms with Crippen molar-refractivity contribution >= 4 is 5.91 Å². The number of oxazole rings is 1. The first-order chi connectivity index (χ1) is 13.2. The maximum absolute atomic E-state index is 12.6. The summed E-state index contributed by atoms with van der Waals surface area (Å²) in [6, 6.07) is 13.2. The lowest BCUT2D eigenvalue weighted by atomic mass is 10.2. The number of nitrogens with one attached hydrogen (secondary N) is 1. The fourth-order valence-electron chi connectivity index (χ4n) is 2.76. The van der Waals surface area contributed by atoms with Gasteiger partial charge >= 0.3 is 0 Å². The number of carbonyl (C=O) groups excluding carboxylic acids is 1. The molecule has 0 atom stereocenters. The summed E-state index contributed by atoms with van der Waals surface area (Å²) in [5.74, 6) is 1.34. The molecule has 1 N–H and O–H groups in total. The Balaban J connectivity index is 1.52. The zero-order chi connectivity index (χ0) is 18.6. The molecule has 0 bridgehead atoms. The maximum Gasteiger partial charge on any atom is 0.273 e. The van der Waals surface area contributed by atoms with Gasteiger partial charge in [-0.05, 0) is 25.1 Å². The average Bonchev–Trinajstić information content (AvgIpc) is 3.37. The highest BCUT2D eigenvalue weighted by molar-refractivity contribution is 5.93. The smallest absolute Gasteiger partial charge is 0.273 e. The molecule has 1 amide bonds. The van der Waals surface area contributed by atoms with Crippen LogP contribution in [0.3, 0.4) is 0 Å². The number of pyridine rings is 1. The molecule has 0 spiro atoms. The normalized spacial score (nSPS) is 10.7. The number of rotatable bonds is 5. The summed E-state index contributed by atoms with van der Waals surface area (Å²) in [6.07, 6.45) is 6.86. The summed E-state index contributed by atoms with van der Waals surface area (Å²) in [5, 5.41) is 2.89. The fraction of sp³-hybridized carbons (Fsp3) is 0.100. The average molecular weight is 359 g/mol. The molecular weight excluding hydrogens is 342 g/mol. The zero-order valence-electron chi connectivity index (χ0n) is 14.7. The van der Waals surface area contributed by atoms with Crippen molar-refractivity contribution in [3.8, 4) is 17.3 Å². The van der Waals surface area contributed by atoms with Crippen LogP contribution in [0.2, 0.25) is 0 Å². The molecule has 7 nitrogen and oxygen atoms in total. The van der Waals surface area contributed by atoms with E-state index in [0.717, 1.165) is 16.9 Å². The summed E-state index contributed by atoms with van der Waals surface area (Å²) >= 11 is 0. The number of hydrogen-bond acceptors (Lipinski definition) is 5. The first kappa shape index (κ1) is 16.7. The number of aromatic nitrogens is 4. The van der Waals surface area contributed by atoms with Crippen LogP contribution in [0.15, 0.2) is 71.8 Å². The van der Waals surface area contributed by atoms with Gasteiger partial charge in [0.2, 0.25) is 5.89 Å². The molecule has 0 fully saturated rings. The molecule has 3 heterocycles.